The number of nitrogens with one attached hydrogen (secondary N) is 1. The Balaban J connectivity index is 1.67. The van der Waals surface area contributed by atoms with Crippen molar-refractivity contribution in [3.8, 4) is 0 Å². The maximum atomic E-state index is 12.1. The van der Waals surface area contributed by atoms with Gasteiger partial charge in [0.05, 0.1) is 5.92 Å². The fraction of sp³-hybridized carbons (Fsp3) is 0.867. The molecule has 5 heteroatoms. The molecule has 2 atom stereocenters. The molecule has 1 saturated carbocycles. The zero-order valence-corrected chi connectivity index (χ0v) is 12.3. The van der Waals surface area contributed by atoms with Crippen molar-refractivity contribution < 1.29 is 14.7 Å². The fourth-order valence-electron chi connectivity index (χ4n) is 3.34. The largest absolute Gasteiger partial charge is 0.481 e. The molecule has 5 nitrogen and oxygen atoms in total. The number of piperidine rings is 1. The second-order valence-corrected chi connectivity index (χ2v) is 6.17. The van der Waals surface area contributed by atoms with E-state index in [1.165, 1.54) is 0 Å². The lowest BCUT2D eigenvalue weighted by atomic mass is 9.96. The molecule has 20 heavy (non-hydrogen) atoms. The average molecular weight is 282 g/mol. The molecule has 0 aromatic heterocycles. The average Bonchev–Trinajstić information content (AvgIpc) is 2.95. The number of rotatable bonds is 5. The number of carboxylic acids is 1. The van der Waals surface area contributed by atoms with E-state index < -0.39 is 5.97 Å². The summed E-state index contributed by atoms with van der Waals surface area (Å²) in [5.41, 5.74) is 0. The summed E-state index contributed by atoms with van der Waals surface area (Å²) in [7, 11) is 0. The van der Waals surface area contributed by atoms with E-state index in [2.05, 4.69) is 17.1 Å². The molecule has 0 aromatic carbocycles. The molecule has 0 bridgehead atoms. The van der Waals surface area contributed by atoms with Crippen molar-refractivity contribution in [2.45, 2.75) is 39.0 Å². The Hall–Kier alpha value is -1.10. The monoisotopic (exact) mass is 282 g/mol. The lowest BCUT2D eigenvalue weighted by molar-refractivity contribution is -0.141. The molecule has 2 N–H and O–H groups in total. The van der Waals surface area contributed by atoms with Gasteiger partial charge >= 0.3 is 5.97 Å². The van der Waals surface area contributed by atoms with Gasteiger partial charge in [0.15, 0.2) is 0 Å². The number of carbonyl (C=O) groups is 2. The van der Waals surface area contributed by atoms with Crippen molar-refractivity contribution in [3.63, 3.8) is 0 Å². The van der Waals surface area contributed by atoms with Gasteiger partial charge in [0.2, 0.25) is 5.91 Å². The number of hydrogen-bond acceptors (Lipinski definition) is 3. The van der Waals surface area contributed by atoms with Crippen LogP contribution in [-0.2, 0) is 9.59 Å². The van der Waals surface area contributed by atoms with Crippen LogP contribution in [0.1, 0.15) is 39.0 Å². The van der Waals surface area contributed by atoms with Crippen molar-refractivity contribution in [3.05, 3.63) is 0 Å². The highest BCUT2D eigenvalue weighted by Gasteiger charge is 2.33. The van der Waals surface area contributed by atoms with Gasteiger partial charge in [-0.25, -0.2) is 0 Å². The topological polar surface area (TPSA) is 69.6 Å². The molecule has 0 spiro atoms. The molecule has 1 aliphatic heterocycles. The van der Waals surface area contributed by atoms with Gasteiger partial charge in [-0.15, -0.1) is 0 Å². The number of likely N-dealkylation sites (tertiary alicyclic amines) is 1. The highest BCUT2D eigenvalue weighted by Crippen LogP contribution is 2.31. The summed E-state index contributed by atoms with van der Waals surface area (Å²) >= 11 is 0. The molecule has 1 saturated heterocycles. The van der Waals surface area contributed by atoms with Crippen LogP contribution in [0.15, 0.2) is 0 Å². The minimum atomic E-state index is -0.757. The maximum absolute atomic E-state index is 12.1. The Morgan fingerprint density at radius 2 is 1.80 bits per heavy atom. The molecule has 2 fully saturated rings. The van der Waals surface area contributed by atoms with Gasteiger partial charge in [0.25, 0.3) is 0 Å². The minimum Gasteiger partial charge on any atom is -0.481 e. The van der Waals surface area contributed by atoms with E-state index >= 15 is 0 Å². The van der Waals surface area contributed by atoms with Gasteiger partial charge in [0.1, 0.15) is 0 Å². The number of carbonyl (C=O) groups excluding carboxylic acids is 1. The highest BCUT2D eigenvalue weighted by atomic mass is 16.4. The Morgan fingerprint density at radius 1 is 1.15 bits per heavy atom. The van der Waals surface area contributed by atoms with Gasteiger partial charge in [-0.2, -0.15) is 0 Å². The molecule has 2 aliphatic rings. The molecule has 2 unspecified atom stereocenters. The second kappa shape index (κ2) is 7.07. The van der Waals surface area contributed by atoms with E-state index in [0.29, 0.717) is 18.8 Å². The predicted molar refractivity (Wildman–Crippen MR) is 76.3 cm³/mol. The van der Waals surface area contributed by atoms with Crippen molar-refractivity contribution in [1.82, 2.24) is 10.2 Å². The van der Waals surface area contributed by atoms with Crippen LogP contribution in [0.3, 0.4) is 0 Å². The van der Waals surface area contributed by atoms with E-state index in [1.54, 1.807) is 0 Å². The van der Waals surface area contributed by atoms with Crippen LogP contribution < -0.4 is 5.32 Å². The van der Waals surface area contributed by atoms with Gasteiger partial charge in [-0.1, -0.05) is 6.92 Å². The third-order valence-electron chi connectivity index (χ3n) is 4.87. The fourth-order valence-corrected chi connectivity index (χ4v) is 3.34. The Morgan fingerprint density at radius 3 is 2.35 bits per heavy atom. The van der Waals surface area contributed by atoms with Crippen LogP contribution in [0, 0.1) is 17.8 Å². The van der Waals surface area contributed by atoms with E-state index in [0.717, 1.165) is 45.4 Å². The smallest absolute Gasteiger partial charge is 0.306 e. The third-order valence-corrected chi connectivity index (χ3v) is 4.87. The quantitative estimate of drug-likeness (QED) is 0.798. The summed E-state index contributed by atoms with van der Waals surface area (Å²) in [5, 5.41) is 12.0. The van der Waals surface area contributed by atoms with Crippen molar-refractivity contribution >= 4 is 11.9 Å². The summed E-state index contributed by atoms with van der Waals surface area (Å²) in [4.78, 5) is 25.4. The number of carboxylic acid groups (broad SMARTS) is 1. The maximum Gasteiger partial charge on any atom is 0.306 e. The minimum absolute atomic E-state index is 0.0617. The molecule has 1 aliphatic carbocycles. The van der Waals surface area contributed by atoms with Crippen LogP contribution >= 0.6 is 0 Å². The molecule has 0 aromatic rings. The van der Waals surface area contributed by atoms with Gasteiger partial charge in [0, 0.05) is 12.5 Å². The second-order valence-electron chi connectivity index (χ2n) is 6.17. The van der Waals surface area contributed by atoms with Crippen molar-refractivity contribution in [1.29, 1.82) is 0 Å². The molecular formula is C15H26N2O3. The van der Waals surface area contributed by atoms with E-state index in [4.69, 9.17) is 5.11 Å². The first-order valence-corrected chi connectivity index (χ1v) is 7.83. The molecule has 114 valence electrons. The molecule has 2 rings (SSSR count). The molecule has 0 radical (unpaired) electrons. The highest BCUT2D eigenvalue weighted by molar-refractivity contribution is 5.80. The predicted octanol–water partition coefficient (Wildman–Crippen LogP) is 1.34. The van der Waals surface area contributed by atoms with Crippen molar-refractivity contribution in [2.75, 3.05) is 26.2 Å². The van der Waals surface area contributed by atoms with Crippen LogP contribution in [0.25, 0.3) is 0 Å². The molecular weight excluding hydrogens is 256 g/mol. The number of nitrogens with zero attached hydrogens (tertiary/aromatic N) is 1. The zero-order valence-electron chi connectivity index (χ0n) is 12.3. The summed E-state index contributed by atoms with van der Waals surface area (Å²) in [6.07, 6.45) is 4.17. The Kier molecular flexibility index (Phi) is 5.40. The first-order valence-electron chi connectivity index (χ1n) is 7.83. The van der Waals surface area contributed by atoms with Crippen LogP contribution in [0.4, 0.5) is 0 Å². The van der Waals surface area contributed by atoms with E-state index in [1.807, 2.05) is 0 Å². The first-order chi connectivity index (χ1) is 9.60. The van der Waals surface area contributed by atoms with Gasteiger partial charge < -0.3 is 15.3 Å². The van der Waals surface area contributed by atoms with E-state index in [-0.39, 0.29) is 17.7 Å². The van der Waals surface area contributed by atoms with Crippen LogP contribution in [-0.4, -0.2) is 48.1 Å². The normalized spacial score (nSPS) is 28.4. The van der Waals surface area contributed by atoms with Gasteiger partial charge in [-0.05, 0) is 57.7 Å². The number of hydrogen-bond donors (Lipinski definition) is 2. The third kappa shape index (κ3) is 3.95. The van der Waals surface area contributed by atoms with Crippen LogP contribution in [0.5, 0.6) is 0 Å². The summed E-state index contributed by atoms with van der Waals surface area (Å²) in [6.45, 7) is 6.30. The lowest BCUT2D eigenvalue weighted by Gasteiger charge is -2.31. The van der Waals surface area contributed by atoms with Crippen LogP contribution in [0.2, 0.25) is 0 Å². The summed E-state index contributed by atoms with van der Waals surface area (Å²) in [5.74, 6) is -0.525. The van der Waals surface area contributed by atoms with Crippen molar-refractivity contribution in [2.24, 2.45) is 17.8 Å². The summed E-state index contributed by atoms with van der Waals surface area (Å²) in [6, 6.07) is 0. The number of aliphatic carboxylic acids is 1. The molecule has 1 amide bonds. The lowest BCUT2D eigenvalue weighted by Crippen LogP contribution is -2.39. The van der Waals surface area contributed by atoms with E-state index in [9.17, 15) is 9.59 Å². The molecule has 1 heterocycles. The number of amides is 1. The SMILES string of the molecule is CCN1CCC(CNC(=O)C2CCC(C(=O)O)C2)CC1. The Bertz CT molecular complexity index is 351. The van der Waals surface area contributed by atoms with Gasteiger partial charge in [-0.3, -0.25) is 9.59 Å². The Labute approximate surface area is 120 Å². The summed E-state index contributed by atoms with van der Waals surface area (Å²) < 4.78 is 0. The standard InChI is InChI=1S/C15H26N2O3/c1-2-17-7-5-11(6-8-17)10-16-14(18)12-3-4-13(9-12)15(19)20/h11-13H,2-10H2,1H3,(H,16,18)(H,19,20). The first kappa shape index (κ1) is 15.3. The zero-order chi connectivity index (χ0) is 14.5.